The molecule has 5 heteroatoms. The van der Waals surface area contributed by atoms with Gasteiger partial charge < -0.3 is 5.32 Å². The lowest BCUT2D eigenvalue weighted by molar-refractivity contribution is 0.590. The first kappa shape index (κ1) is 12.7. The Morgan fingerprint density at radius 1 is 1.47 bits per heavy atom. The van der Waals surface area contributed by atoms with Crippen molar-refractivity contribution in [2.75, 3.05) is 7.05 Å². The Labute approximate surface area is 112 Å². The average Bonchev–Trinajstić information content (AvgIpc) is 2.77. The number of hydrogen-bond donors (Lipinski definition) is 1. The molecule has 0 aliphatic carbocycles. The molecule has 0 amide bonds. The predicted octanol–water partition coefficient (Wildman–Crippen LogP) is 3.55. The van der Waals surface area contributed by atoms with Gasteiger partial charge in [-0.05, 0) is 37.2 Å². The quantitative estimate of drug-likeness (QED) is 0.933. The minimum absolute atomic E-state index is 0.177. The standard InChI is InChI=1S/C12H12BrFN2S/c1-15-11(12-6-16-7-17-12)4-8-2-9(13)5-10(14)3-8/h2-3,5-7,11,15H,4H2,1H3. The molecule has 1 aromatic carbocycles. The zero-order chi connectivity index (χ0) is 12.3. The molecule has 0 radical (unpaired) electrons. The molecule has 1 aromatic heterocycles. The van der Waals surface area contributed by atoms with Crippen LogP contribution in [-0.2, 0) is 6.42 Å². The zero-order valence-corrected chi connectivity index (χ0v) is 11.7. The van der Waals surface area contributed by atoms with Crippen LogP contribution in [0.2, 0.25) is 0 Å². The van der Waals surface area contributed by atoms with Crippen molar-refractivity contribution >= 4 is 27.3 Å². The van der Waals surface area contributed by atoms with Crippen molar-refractivity contribution < 1.29 is 4.39 Å². The molecule has 1 atom stereocenters. The van der Waals surface area contributed by atoms with E-state index in [4.69, 9.17) is 0 Å². The summed E-state index contributed by atoms with van der Waals surface area (Å²) in [5.41, 5.74) is 2.77. The van der Waals surface area contributed by atoms with E-state index in [2.05, 4.69) is 26.2 Å². The van der Waals surface area contributed by atoms with Gasteiger partial charge in [0, 0.05) is 21.6 Å². The van der Waals surface area contributed by atoms with E-state index < -0.39 is 0 Å². The second-order valence-electron chi connectivity index (χ2n) is 3.73. The van der Waals surface area contributed by atoms with E-state index in [1.165, 1.54) is 6.07 Å². The second-order valence-corrected chi connectivity index (χ2v) is 5.56. The third-order valence-electron chi connectivity index (χ3n) is 2.51. The van der Waals surface area contributed by atoms with Crippen molar-refractivity contribution in [3.63, 3.8) is 0 Å². The van der Waals surface area contributed by atoms with Gasteiger partial charge in [0.2, 0.25) is 0 Å². The molecule has 90 valence electrons. The molecule has 0 aliphatic rings. The molecule has 2 rings (SSSR count). The van der Waals surface area contributed by atoms with Crippen LogP contribution in [0.4, 0.5) is 4.39 Å². The first-order valence-corrected chi connectivity index (χ1v) is 6.87. The first-order chi connectivity index (χ1) is 8.19. The van der Waals surface area contributed by atoms with Gasteiger partial charge in [-0.15, -0.1) is 11.3 Å². The molecule has 2 nitrogen and oxygen atoms in total. The SMILES string of the molecule is CNC(Cc1cc(F)cc(Br)c1)c1cncs1. The van der Waals surface area contributed by atoms with Gasteiger partial charge >= 0.3 is 0 Å². The van der Waals surface area contributed by atoms with Crippen LogP contribution in [-0.4, -0.2) is 12.0 Å². The van der Waals surface area contributed by atoms with Crippen molar-refractivity contribution in [1.82, 2.24) is 10.3 Å². The van der Waals surface area contributed by atoms with E-state index >= 15 is 0 Å². The van der Waals surface area contributed by atoms with E-state index in [0.29, 0.717) is 0 Å². The summed E-state index contributed by atoms with van der Waals surface area (Å²) >= 11 is 4.91. The van der Waals surface area contributed by atoms with E-state index in [0.717, 1.165) is 21.3 Å². The Balaban J connectivity index is 2.18. The number of nitrogens with zero attached hydrogens (tertiary/aromatic N) is 1. The molecule has 2 aromatic rings. The van der Waals surface area contributed by atoms with Gasteiger partial charge in [0.25, 0.3) is 0 Å². The van der Waals surface area contributed by atoms with Crippen molar-refractivity contribution in [1.29, 1.82) is 0 Å². The van der Waals surface area contributed by atoms with Crippen molar-refractivity contribution in [2.45, 2.75) is 12.5 Å². The van der Waals surface area contributed by atoms with Crippen LogP contribution in [0.15, 0.2) is 34.4 Å². The summed E-state index contributed by atoms with van der Waals surface area (Å²) in [4.78, 5) is 5.22. The highest BCUT2D eigenvalue weighted by molar-refractivity contribution is 9.10. The lowest BCUT2D eigenvalue weighted by Gasteiger charge is -2.14. The predicted molar refractivity (Wildman–Crippen MR) is 71.7 cm³/mol. The highest BCUT2D eigenvalue weighted by Crippen LogP contribution is 2.23. The third-order valence-corrected chi connectivity index (χ3v) is 3.85. The van der Waals surface area contributed by atoms with Crippen molar-refractivity contribution in [3.8, 4) is 0 Å². The Morgan fingerprint density at radius 2 is 2.29 bits per heavy atom. The fourth-order valence-electron chi connectivity index (χ4n) is 1.71. The number of likely N-dealkylation sites (N-methyl/N-ethyl adjacent to an activating group) is 1. The van der Waals surface area contributed by atoms with Crippen LogP contribution in [0.3, 0.4) is 0 Å². The Morgan fingerprint density at radius 3 is 2.88 bits per heavy atom. The number of thiazole rings is 1. The summed E-state index contributed by atoms with van der Waals surface area (Å²) in [7, 11) is 1.90. The highest BCUT2D eigenvalue weighted by atomic mass is 79.9. The maximum atomic E-state index is 13.3. The minimum Gasteiger partial charge on any atom is -0.312 e. The maximum Gasteiger partial charge on any atom is 0.124 e. The third kappa shape index (κ3) is 3.34. The summed E-state index contributed by atoms with van der Waals surface area (Å²) in [5, 5.41) is 3.22. The molecule has 17 heavy (non-hydrogen) atoms. The van der Waals surface area contributed by atoms with E-state index in [-0.39, 0.29) is 11.9 Å². The van der Waals surface area contributed by atoms with Gasteiger partial charge in [-0.2, -0.15) is 0 Å². The van der Waals surface area contributed by atoms with Gasteiger partial charge in [-0.1, -0.05) is 15.9 Å². The van der Waals surface area contributed by atoms with Gasteiger partial charge in [0.15, 0.2) is 0 Å². The fraction of sp³-hybridized carbons (Fsp3) is 0.250. The summed E-state index contributed by atoms with van der Waals surface area (Å²) in [6.45, 7) is 0. The van der Waals surface area contributed by atoms with Gasteiger partial charge in [-0.25, -0.2) is 4.39 Å². The second kappa shape index (κ2) is 5.71. The summed E-state index contributed by atoms with van der Waals surface area (Å²) in [5.74, 6) is -0.214. The van der Waals surface area contributed by atoms with Crippen LogP contribution in [0, 0.1) is 5.82 Å². The van der Waals surface area contributed by atoms with Crippen molar-refractivity contribution in [2.24, 2.45) is 0 Å². The molecule has 0 aliphatic heterocycles. The van der Waals surface area contributed by atoms with E-state index in [1.54, 1.807) is 22.9 Å². The number of halogens is 2. The average molecular weight is 315 g/mol. The molecule has 0 saturated heterocycles. The maximum absolute atomic E-state index is 13.3. The molecule has 0 bridgehead atoms. The minimum atomic E-state index is -0.214. The van der Waals surface area contributed by atoms with Crippen LogP contribution in [0.25, 0.3) is 0 Å². The zero-order valence-electron chi connectivity index (χ0n) is 9.28. The molecule has 0 fully saturated rings. The molecule has 1 unspecified atom stereocenters. The highest BCUT2D eigenvalue weighted by Gasteiger charge is 2.12. The normalized spacial score (nSPS) is 12.6. The Kier molecular flexibility index (Phi) is 4.25. The molecular formula is C12H12BrFN2S. The Hall–Kier alpha value is -0.780. The number of hydrogen-bond acceptors (Lipinski definition) is 3. The number of nitrogens with one attached hydrogen (secondary N) is 1. The van der Waals surface area contributed by atoms with E-state index in [9.17, 15) is 4.39 Å². The summed E-state index contributed by atoms with van der Waals surface area (Å²) in [6, 6.07) is 5.14. The fourth-order valence-corrected chi connectivity index (χ4v) is 2.95. The first-order valence-electron chi connectivity index (χ1n) is 5.19. The number of aromatic nitrogens is 1. The number of rotatable bonds is 4. The van der Waals surface area contributed by atoms with Crippen LogP contribution < -0.4 is 5.32 Å². The molecule has 1 N–H and O–H groups in total. The molecule has 0 saturated carbocycles. The molecule has 0 spiro atoms. The lowest BCUT2D eigenvalue weighted by atomic mass is 10.1. The van der Waals surface area contributed by atoms with Gasteiger partial charge in [0.1, 0.15) is 5.82 Å². The Bertz CT molecular complexity index is 467. The summed E-state index contributed by atoms with van der Waals surface area (Å²) < 4.78 is 14.0. The smallest absolute Gasteiger partial charge is 0.124 e. The molecule has 1 heterocycles. The van der Waals surface area contributed by atoms with Gasteiger partial charge in [-0.3, -0.25) is 4.98 Å². The van der Waals surface area contributed by atoms with Crippen LogP contribution >= 0.6 is 27.3 Å². The number of benzene rings is 1. The van der Waals surface area contributed by atoms with Crippen molar-refractivity contribution in [3.05, 3.63) is 50.6 Å². The summed E-state index contributed by atoms with van der Waals surface area (Å²) in [6.07, 6.45) is 2.59. The monoisotopic (exact) mass is 314 g/mol. The van der Waals surface area contributed by atoms with Gasteiger partial charge in [0.05, 0.1) is 5.51 Å². The lowest BCUT2D eigenvalue weighted by Crippen LogP contribution is -2.17. The van der Waals surface area contributed by atoms with Crippen LogP contribution in [0.5, 0.6) is 0 Å². The topological polar surface area (TPSA) is 24.9 Å². The molecular weight excluding hydrogens is 303 g/mol. The largest absolute Gasteiger partial charge is 0.312 e. The van der Waals surface area contributed by atoms with Crippen LogP contribution in [0.1, 0.15) is 16.5 Å². The van der Waals surface area contributed by atoms with E-state index in [1.807, 2.05) is 19.3 Å².